The number of aromatic nitrogens is 3. The van der Waals surface area contributed by atoms with Gasteiger partial charge < -0.3 is 13.9 Å². The first kappa shape index (κ1) is 21.8. The summed E-state index contributed by atoms with van der Waals surface area (Å²) in [6, 6.07) is 11.4. The fourth-order valence-corrected chi connectivity index (χ4v) is 3.97. The molecule has 0 bridgehead atoms. The summed E-state index contributed by atoms with van der Waals surface area (Å²) in [5.41, 5.74) is 1.75. The predicted octanol–water partition coefficient (Wildman–Crippen LogP) is 4.97. The minimum atomic E-state index is -0.633. The van der Waals surface area contributed by atoms with Gasteiger partial charge in [-0.3, -0.25) is 9.78 Å². The molecule has 0 unspecified atom stereocenters. The summed E-state index contributed by atoms with van der Waals surface area (Å²) in [6.07, 6.45) is 4.29. The molecule has 2 aromatic heterocycles. The lowest BCUT2D eigenvalue weighted by molar-refractivity contribution is -0.120. The van der Waals surface area contributed by atoms with Crippen LogP contribution in [0.25, 0.3) is 11.5 Å². The van der Waals surface area contributed by atoms with E-state index in [2.05, 4.69) is 22.1 Å². The van der Waals surface area contributed by atoms with Crippen LogP contribution < -0.4 is 4.74 Å². The molecule has 0 atom stereocenters. The molecule has 33 heavy (non-hydrogen) atoms. The number of benzene rings is 1. The standard InChI is InChI=1S/C26H29N3O4/c1-25(2,24-29-28-23(33-24)18-7-5-4-6-8-18)12-21(30)20-11-22(19(13-27-20)17-9-10-17)32-16-26(3)14-31-15-26/h4-8,11,13,17H,9-10,12,14-16H2,1-3H3. The first-order chi connectivity index (χ1) is 15.8. The molecule has 0 radical (unpaired) electrons. The van der Waals surface area contributed by atoms with Crippen molar-refractivity contribution in [3.63, 3.8) is 0 Å². The highest BCUT2D eigenvalue weighted by Crippen LogP contribution is 2.44. The highest BCUT2D eigenvalue weighted by atomic mass is 16.5. The van der Waals surface area contributed by atoms with Crippen molar-refractivity contribution in [2.24, 2.45) is 5.41 Å². The zero-order valence-corrected chi connectivity index (χ0v) is 19.3. The summed E-state index contributed by atoms with van der Waals surface area (Å²) >= 11 is 0. The molecular weight excluding hydrogens is 418 g/mol. The molecule has 1 aliphatic carbocycles. The van der Waals surface area contributed by atoms with E-state index < -0.39 is 5.41 Å². The molecule has 7 heteroatoms. The topological polar surface area (TPSA) is 87.3 Å². The van der Waals surface area contributed by atoms with Crippen molar-refractivity contribution < 1.29 is 18.7 Å². The predicted molar refractivity (Wildman–Crippen MR) is 122 cm³/mol. The van der Waals surface area contributed by atoms with E-state index in [9.17, 15) is 4.79 Å². The number of hydrogen-bond acceptors (Lipinski definition) is 7. The summed E-state index contributed by atoms with van der Waals surface area (Å²) in [5.74, 6) is 2.05. The zero-order valence-electron chi connectivity index (χ0n) is 19.3. The third kappa shape index (κ3) is 4.69. The van der Waals surface area contributed by atoms with Crippen molar-refractivity contribution in [1.29, 1.82) is 0 Å². The summed E-state index contributed by atoms with van der Waals surface area (Å²) in [6.45, 7) is 7.98. The molecule has 3 aromatic rings. The smallest absolute Gasteiger partial charge is 0.247 e. The number of rotatable bonds is 9. The maximum Gasteiger partial charge on any atom is 0.247 e. The van der Waals surface area contributed by atoms with Crippen molar-refractivity contribution >= 4 is 5.78 Å². The highest BCUT2D eigenvalue weighted by Gasteiger charge is 2.36. The Kier molecular flexibility index (Phi) is 5.52. The maximum atomic E-state index is 13.2. The van der Waals surface area contributed by atoms with Gasteiger partial charge >= 0.3 is 0 Å². The molecule has 1 aromatic carbocycles. The first-order valence-corrected chi connectivity index (χ1v) is 11.5. The number of ketones is 1. The molecule has 0 N–H and O–H groups in total. The van der Waals surface area contributed by atoms with E-state index in [0.717, 1.165) is 29.7 Å². The number of pyridine rings is 1. The van der Waals surface area contributed by atoms with E-state index in [1.165, 1.54) is 0 Å². The monoisotopic (exact) mass is 447 g/mol. The largest absolute Gasteiger partial charge is 0.492 e. The zero-order chi connectivity index (χ0) is 23.1. The lowest BCUT2D eigenvalue weighted by atomic mass is 9.86. The second-order valence-electron chi connectivity index (χ2n) is 10.2. The Morgan fingerprint density at radius 1 is 1.18 bits per heavy atom. The van der Waals surface area contributed by atoms with Crippen LogP contribution in [0.3, 0.4) is 0 Å². The number of carbonyl (C=O) groups is 1. The Balaban J connectivity index is 1.32. The van der Waals surface area contributed by atoms with Gasteiger partial charge in [0.1, 0.15) is 11.4 Å². The Labute approximate surface area is 193 Å². The van der Waals surface area contributed by atoms with Crippen molar-refractivity contribution in [2.45, 2.75) is 51.4 Å². The fraction of sp³-hybridized carbons (Fsp3) is 0.462. The van der Waals surface area contributed by atoms with Gasteiger partial charge in [0.15, 0.2) is 5.78 Å². The molecule has 1 saturated carbocycles. The van der Waals surface area contributed by atoms with Gasteiger partial charge in [-0.25, -0.2) is 0 Å². The van der Waals surface area contributed by atoms with E-state index in [0.29, 0.717) is 43.2 Å². The number of ether oxygens (including phenoxy) is 2. The van der Waals surface area contributed by atoms with Gasteiger partial charge in [-0.05, 0) is 30.9 Å². The minimum absolute atomic E-state index is 0.0324. The molecule has 1 aliphatic heterocycles. The van der Waals surface area contributed by atoms with Crippen LogP contribution in [0.4, 0.5) is 0 Å². The van der Waals surface area contributed by atoms with Crippen LogP contribution in [-0.4, -0.2) is 40.8 Å². The average Bonchev–Trinajstić information content (AvgIpc) is 3.51. The fourth-order valence-electron chi connectivity index (χ4n) is 3.97. The maximum absolute atomic E-state index is 13.2. The van der Waals surface area contributed by atoms with Crippen molar-refractivity contribution in [3.8, 4) is 17.2 Å². The molecule has 2 aliphatic rings. The second kappa shape index (κ2) is 8.37. The van der Waals surface area contributed by atoms with Crippen LogP contribution in [0.5, 0.6) is 5.75 Å². The van der Waals surface area contributed by atoms with Gasteiger partial charge in [-0.1, -0.05) is 39.0 Å². The molecule has 0 spiro atoms. The SMILES string of the molecule is CC1(COc2cc(C(=O)CC(C)(C)c3nnc(-c4ccccc4)o3)ncc2C2CC2)COC1. The molecule has 1 saturated heterocycles. The Hall–Kier alpha value is -3.06. The minimum Gasteiger partial charge on any atom is -0.492 e. The molecule has 7 nitrogen and oxygen atoms in total. The van der Waals surface area contributed by atoms with E-state index >= 15 is 0 Å². The van der Waals surface area contributed by atoms with Crippen molar-refractivity contribution in [2.75, 3.05) is 19.8 Å². The quantitative estimate of drug-likeness (QED) is 0.428. The van der Waals surface area contributed by atoms with E-state index in [1.54, 1.807) is 6.07 Å². The van der Waals surface area contributed by atoms with Crippen LogP contribution in [0, 0.1) is 5.41 Å². The Morgan fingerprint density at radius 3 is 2.61 bits per heavy atom. The number of carbonyl (C=O) groups excluding carboxylic acids is 1. The molecule has 3 heterocycles. The van der Waals surface area contributed by atoms with E-state index in [4.69, 9.17) is 13.9 Å². The van der Waals surface area contributed by atoms with Gasteiger partial charge in [0.2, 0.25) is 11.8 Å². The van der Waals surface area contributed by atoms with Gasteiger partial charge in [0, 0.05) is 35.2 Å². The highest BCUT2D eigenvalue weighted by molar-refractivity contribution is 5.95. The normalized spacial score (nSPS) is 17.4. The molecule has 5 rings (SSSR count). The van der Waals surface area contributed by atoms with E-state index in [1.807, 2.05) is 50.4 Å². The molecule has 0 amide bonds. The van der Waals surface area contributed by atoms with Crippen LogP contribution in [0.2, 0.25) is 0 Å². The number of hydrogen-bond donors (Lipinski definition) is 0. The molecular formula is C26H29N3O4. The van der Waals surface area contributed by atoms with Gasteiger partial charge in [-0.2, -0.15) is 0 Å². The number of nitrogens with zero attached hydrogens (tertiary/aromatic N) is 3. The lowest BCUT2D eigenvalue weighted by Crippen LogP contribution is -2.44. The summed E-state index contributed by atoms with van der Waals surface area (Å²) < 4.78 is 17.4. The molecule has 2 fully saturated rings. The second-order valence-corrected chi connectivity index (χ2v) is 10.2. The summed E-state index contributed by atoms with van der Waals surface area (Å²) in [4.78, 5) is 17.7. The van der Waals surface area contributed by atoms with Gasteiger partial charge in [0.25, 0.3) is 0 Å². The van der Waals surface area contributed by atoms with Crippen molar-refractivity contribution in [1.82, 2.24) is 15.2 Å². The number of Topliss-reactive ketones (excluding diaryl/α,β-unsaturated/α-hetero) is 1. The third-order valence-corrected chi connectivity index (χ3v) is 6.30. The van der Waals surface area contributed by atoms with Crippen LogP contribution in [0.1, 0.15) is 67.9 Å². The average molecular weight is 448 g/mol. The summed E-state index contributed by atoms with van der Waals surface area (Å²) in [5, 5.41) is 8.39. The molecule has 172 valence electrons. The lowest BCUT2D eigenvalue weighted by Gasteiger charge is -2.37. The van der Waals surface area contributed by atoms with Gasteiger partial charge in [0.05, 0.1) is 25.2 Å². The van der Waals surface area contributed by atoms with Crippen LogP contribution in [0.15, 0.2) is 47.0 Å². The van der Waals surface area contributed by atoms with E-state index in [-0.39, 0.29) is 17.6 Å². The summed E-state index contributed by atoms with van der Waals surface area (Å²) in [7, 11) is 0. The first-order valence-electron chi connectivity index (χ1n) is 11.5. The Bertz CT molecular complexity index is 1150. The van der Waals surface area contributed by atoms with Crippen molar-refractivity contribution in [3.05, 3.63) is 59.7 Å². The van der Waals surface area contributed by atoms with Crippen LogP contribution in [-0.2, 0) is 10.2 Å². The third-order valence-electron chi connectivity index (χ3n) is 6.30. The Morgan fingerprint density at radius 2 is 1.94 bits per heavy atom. The van der Waals surface area contributed by atoms with Gasteiger partial charge in [-0.15, -0.1) is 10.2 Å². The van der Waals surface area contributed by atoms with Crippen LogP contribution >= 0.6 is 0 Å².